The lowest BCUT2D eigenvalue weighted by atomic mass is 10.1. The van der Waals surface area contributed by atoms with E-state index in [9.17, 15) is 32.7 Å². The number of rotatable bonds is 7. The standard InChI is InChI=1S/C25H28ClF3N6O3.C7H9N3O2.C2H6/c1-2-19-22(34-9-3-4-10-34)24(37)35(33-23(31-15-30-19)16-7-11-38-12-8-16)14-21(36)32-20-6-5-17(13-18(20)26)25(27,28)29;1-4-6(11)5(7(12)8-2)10-3-9-4;1-2/h5-7,13,15H,2-4,8-12,14H2,1H3,(H,32,36)(H,30,31,33);3,11H,1-2H3,(H,8,12);1-2H3. The Kier molecular flexibility index (Phi) is 15.6. The summed E-state index contributed by atoms with van der Waals surface area (Å²) in [6.45, 7) is 9.23. The van der Waals surface area contributed by atoms with Crippen LogP contribution in [0.2, 0.25) is 5.02 Å². The molecule has 0 spiro atoms. The lowest BCUT2D eigenvalue weighted by Gasteiger charge is -2.19. The van der Waals surface area contributed by atoms with Gasteiger partial charge in [-0.05, 0) is 56.4 Å². The molecule has 4 heterocycles. The van der Waals surface area contributed by atoms with E-state index in [0.29, 0.717) is 62.0 Å². The molecule has 0 unspecified atom stereocenters. The maximum absolute atomic E-state index is 13.9. The number of H-pyrrole nitrogens is 1. The van der Waals surface area contributed by atoms with Gasteiger partial charge in [0.05, 0.1) is 40.9 Å². The van der Waals surface area contributed by atoms with Gasteiger partial charge < -0.3 is 25.4 Å². The average Bonchev–Trinajstić information content (AvgIpc) is 3.68. The maximum atomic E-state index is 13.9. The second-order valence-electron chi connectivity index (χ2n) is 11.1. The number of aromatic amines is 1. The zero-order chi connectivity index (χ0) is 38.4. The van der Waals surface area contributed by atoms with Crippen LogP contribution in [0.15, 0.2) is 41.7 Å². The molecule has 2 aromatic heterocycles. The number of nitrogens with zero attached hydrogens (tertiary/aromatic N) is 6. The largest absolute Gasteiger partial charge is 0.504 e. The molecule has 0 atom stereocenters. The van der Waals surface area contributed by atoms with E-state index < -0.39 is 35.7 Å². The number of aryl methyl sites for hydroxylation is 2. The smallest absolute Gasteiger partial charge is 0.416 e. The van der Waals surface area contributed by atoms with Crippen molar-refractivity contribution in [2.75, 3.05) is 43.6 Å². The number of carbonyl (C=O) groups is 2. The zero-order valence-corrected chi connectivity index (χ0v) is 30.4. The van der Waals surface area contributed by atoms with E-state index in [4.69, 9.17) is 16.3 Å². The van der Waals surface area contributed by atoms with Crippen LogP contribution >= 0.6 is 11.6 Å². The number of nitrogens with one attached hydrogen (secondary N) is 3. The molecule has 52 heavy (non-hydrogen) atoms. The van der Waals surface area contributed by atoms with Crippen LogP contribution < -0.4 is 21.1 Å². The molecule has 2 amide bonds. The molecule has 2 aliphatic heterocycles. The third-order valence-electron chi connectivity index (χ3n) is 7.71. The van der Waals surface area contributed by atoms with Crippen molar-refractivity contribution < 1.29 is 32.6 Å². The molecule has 0 saturated carbocycles. The molecule has 5 rings (SSSR count). The third-order valence-corrected chi connectivity index (χ3v) is 8.02. The Labute approximate surface area is 303 Å². The summed E-state index contributed by atoms with van der Waals surface area (Å²) in [5, 5.41) is 16.9. The number of hydrogen-bond donors (Lipinski definition) is 4. The van der Waals surface area contributed by atoms with E-state index in [1.54, 1.807) is 6.92 Å². The Morgan fingerprint density at radius 2 is 1.79 bits per heavy atom. The van der Waals surface area contributed by atoms with Crippen molar-refractivity contribution in [3.8, 4) is 5.75 Å². The lowest BCUT2D eigenvalue weighted by molar-refractivity contribution is -0.137. The first-order valence-electron chi connectivity index (χ1n) is 16.7. The Morgan fingerprint density at radius 3 is 2.38 bits per heavy atom. The van der Waals surface area contributed by atoms with Crippen molar-refractivity contribution in [1.82, 2.24) is 35.0 Å². The molecule has 1 fully saturated rings. The van der Waals surface area contributed by atoms with Gasteiger partial charge in [0.2, 0.25) is 5.91 Å². The van der Waals surface area contributed by atoms with Gasteiger partial charge in [0.15, 0.2) is 11.4 Å². The van der Waals surface area contributed by atoms with E-state index in [2.05, 4.69) is 35.7 Å². The van der Waals surface area contributed by atoms with Gasteiger partial charge in [0.25, 0.3) is 11.5 Å². The van der Waals surface area contributed by atoms with Gasteiger partial charge in [-0.15, -0.1) is 0 Å². The number of aromatic hydroxyl groups is 1. The average molecular weight is 750 g/mol. The van der Waals surface area contributed by atoms with Crippen LogP contribution in [0.25, 0.3) is 5.57 Å². The second kappa shape index (κ2) is 19.5. The van der Waals surface area contributed by atoms with Gasteiger partial charge in [0, 0.05) is 20.1 Å². The van der Waals surface area contributed by atoms with Gasteiger partial charge >= 0.3 is 6.18 Å². The van der Waals surface area contributed by atoms with E-state index in [1.165, 1.54) is 19.7 Å². The monoisotopic (exact) mass is 749 g/mol. The Morgan fingerprint density at radius 1 is 1.10 bits per heavy atom. The molecule has 4 N–H and O–H groups in total. The lowest BCUT2D eigenvalue weighted by Crippen LogP contribution is -2.34. The minimum atomic E-state index is -4.57. The highest BCUT2D eigenvalue weighted by Gasteiger charge is 2.31. The van der Waals surface area contributed by atoms with Crippen LogP contribution in [0.1, 0.15) is 73.3 Å². The van der Waals surface area contributed by atoms with Crippen molar-refractivity contribution >= 4 is 40.4 Å². The normalized spacial score (nSPS) is 13.8. The van der Waals surface area contributed by atoms with Crippen molar-refractivity contribution in [3.05, 3.63) is 80.8 Å². The van der Waals surface area contributed by atoms with Gasteiger partial charge in [-0.2, -0.15) is 13.2 Å². The summed E-state index contributed by atoms with van der Waals surface area (Å²) in [7, 11) is 1.47. The first kappa shape index (κ1) is 41.4. The summed E-state index contributed by atoms with van der Waals surface area (Å²) in [6.07, 6.45) is 2.75. The summed E-state index contributed by atoms with van der Waals surface area (Å²) in [5.41, 5.74) is 0.720. The summed E-state index contributed by atoms with van der Waals surface area (Å²) in [6, 6.07) is 2.64. The van der Waals surface area contributed by atoms with E-state index in [-0.39, 0.29) is 22.2 Å². The number of benzene rings is 1. The number of ether oxygens (including phenoxy) is 1. The fraction of sp³-hybridized carbons (Fsp3) is 0.441. The van der Waals surface area contributed by atoms with E-state index in [1.807, 2.05) is 31.7 Å². The molecule has 3 aromatic rings. The van der Waals surface area contributed by atoms with Crippen molar-refractivity contribution in [1.29, 1.82) is 0 Å². The Hall–Kier alpha value is -5.03. The SMILES string of the molecule is CC.CCc1ncnc(C2=CCOCC2)[nH]n(CC(=O)Nc2ccc(C(F)(F)F)cc2Cl)c(=O)c1N1CCCC1.CNC(=O)c1ncnc(C)c1O. The van der Waals surface area contributed by atoms with Crippen molar-refractivity contribution in [2.45, 2.75) is 66.1 Å². The molecule has 0 radical (unpaired) electrons. The van der Waals surface area contributed by atoms with Crippen LogP contribution in [0.4, 0.5) is 24.5 Å². The molecule has 14 nitrogen and oxygen atoms in total. The maximum Gasteiger partial charge on any atom is 0.416 e. The Bertz CT molecular complexity index is 1860. The van der Waals surface area contributed by atoms with Gasteiger partial charge in [-0.1, -0.05) is 38.4 Å². The summed E-state index contributed by atoms with van der Waals surface area (Å²) in [4.78, 5) is 56.2. The number of hydrogen-bond acceptors (Lipinski definition) is 10. The van der Waals surface area contributed by atoms with Crippen molar-refractivity contribution in [3.63, 3.8) is 0 Å². The number of carbonyl (C=O) groups excluding carboxylic acids is 2. The first-order chi connectivity index (χ1) is 24.8. The predicted molar refractivity (Wildman–Crippen MR) is 191 cm³/mol. The van der Waals surface area contributed by atoms with E-state index in [0.717, 1.165) is 41.3 Å². The number of alkyl halides is 3. The number of aromatic nitrogens is 6. The minimum absolute atomic E-state index is 0.00435. The molecule has 1 aromatic carbocycles. The molecular weight excluding hydrogens is 707 g/mol. The molecule has 1 saturated heterocycles. The van der Waals surface area contributed by atoms with Gasteiger partial charge in [0.1, 0.15) is 30.7 Å². The molecule has 282 valence electrons. The van der Waals surface area contributed by atoms with Crippen LogP contribution in [-0.2, 0) is 28.7 Å². The van der Waals surface area contributed by atoms with Gasteiger partial charge in [-0.25, -0.2) is 24.6 Å². The van der Waals surface area contributed by atoms with Crippen LogP contribution in [-0.4, -0.2) is 80.0 Å². The minimum Gasteiger partial charge on any atom is -0.504 e. The van der Waals surface area contributed by atoms with E-state index >= 15 is 0 Å². The third kappa shape index (κ3) is 11.0. The quantitative estimate of drug-likeness (QED) is 0.249. The molecule has 0 bridgehead atoms. The van der Waals surface area contributed by atoms with Crippen LogP contribution in [0.3, 0.4) is 0 Å². The highest BCUT2D eigenvalue weighted by Crippen LogP contribution is 2.33. The van der Waals surface area contributed by atoms with Crippen LogP contribution in [0.5, 0.6) is 5.75 Å². The highest BCUT2D eigenvalue weighted by atomic mass is 35.5. The topological polar surface area (TPSA) is 180 Å². The zero-order valence-electron chi connectivity index (χ0n) is 29.6. The number of halogens is 4. The number of amides is 2. The summed E-state index contributed by atoms with van der Waals surface area (Å²) < 4.78 is 45.5. The first-order valence-corrected chi connectivity index (χ1v) is 17.0. The fourth-order valence-electron chi connectivity index (χ4n) is 5.08. The Balaban J connectivity index is 0.000000439. The molecule has 18 heteroatoms. The molecule has 2 aliphatic rings. The van der Waals surface area contributed by atoms with Crippen LogP contribution in [0, 0.1) is 6.92 Å². The molecule has 0 aliphatic carbocycles. The predicted octanol–water partition coefficient (Wildman–Crippen LogP) is 5.24. The fourth-order valence-corrected chi connectivity index (χ4v) is 5.31. The van der Waals surface area contributed by atoms with Crippen molar-refractivity contribution in [2.24, 2.45) is 0 Å². The second-order valence-corrected chi connectivity index (χ2v) is 11.5. The summed E-state index contributed by atoms with van der Waals surface area (Å²) >= 11 is 6.01. The number of anilines is 2. The molecular formula is C34H43ClF3N9O5. The summed E-state index contributed by atoms with van der Waals surface area (Å²) in [5.74, 6) is -0.898. The van der Waals surface area contributed by atoms with Gasteiger partial charge in [-0.3, -0.25) is 19.5 Å². The highest BCUT2D eigenvalue weighted by molar-refractivity contribution is 6.33.